The van der Waals surface area contributed by atoms with Gasteiger partial charge in [0.25, 0.3) is 5.91 Å². The van der Waals surface area contributed by atoms with E-state index in [0.717, 1.165) is 48.0 Å². The molecule has 1 amide bonds. The Morgan fingerprint density at radius 3 is 2.36 bits per heavy atom. The number of aromatic nitrogens is 2. The summed E-state index contributed by atoms with van der Waals surface area (Å²) in [5, 5.41) is 22.2. The molecule has 8 heteroatoms. The lowest BCUT2D eigenvalue weighted by molar-refractivity contribution is 0.0545. The molecule has 0 bridgehead atoms. The first-order chi connectivity index (χ1) is 17.6. The summed E-state index contributed by atoms with van der Waals surface area (Å²) < 4.78 is 5.52. The van der Waals surface area contributed by atoms with Crippen molar-refractivity contribution in [3.63, 3.8) is 0 Å². The predicted molar refractivity (Wildman–Crippen MR) is 138 cm³/mol. The molecule has 2 N–H and O–H groups in total. The molecule has 192 valence electrons. The third-order valence-corrected chi connectivity index (χ3v) is 8.58. The molecule has 6 rings (SSSR count). The fourth-order valence-electron chi connectivity index (χ4n) is 6.62. The zero-order valence-electron chi connectivity index (χ0n) is 20.9. The summed E-state index contributed by atoms with van der Waals surface area (Å²) in [6, 6.07) is 12.0. The van der Waals surface area contributed by atoms with E-state index in [-0.39, 0.29) is 5.91 Å². The lowest BCUT2D eigenvalue weighted by atomic mass is 10.00. The molecule has 3 aliphatic heterocycles. The van der Waals surface area contributed by atoms with Crippen LogP contribution in [0.1, 0.15) is 42.5 Å². The van der Waals surface area contributed by atoms with Crippen molar-refractivity contribution in [3.8, 4) is 11.3 Å². The number of aliphatic hydroxyl groups is 1. The highest BCUT2D eigenvalue weighted by molar-refractivity contribution is 5.94. The first-order valence-corrected chi connectivity index (χ1v) is 13.6. The van der Waals surface area contributed by atoms with Crippen molar-refractivity contribution in [2.45, 2.75) is 44.2 Å². The van der Waals surface area contributed by atoms with Gasteiger partial charge >= 0.3 is 0 Å². The molecule has 1 saturated carbocycles. The molecule has 8 nitrogen and oxygen atoms in total. The summed E-state index contributed by atoms with van der Waals surface area (Å²) in [7, 11) is 0. The van der Waals surface area contributed by atoms with E-state index in [4.69, 9.17) is 4.74 Å². The van der Waals surface area contributed by atoms with Crippen LogP contribution in [0.25, 0.3) is 11.3 Å². The minimum absolute atomic E-state index is 0.0308. The molecule has 0 spiro atoms. The van der Waals surface area contributed by atoms with Crippen molar-refractivity contribution >= 4 is 11.7 Å². The Morgan fingerprint density at radius 2 is 1.72 bits per heavy atom. The van der Waals surface area contributed by atoms with Crippen LogP contribution in [-0.2, 0) is 4.74 Å². The number of nitrogens with zero attached hydrogens (tertiary/aromatic N) is 4. The van der Waals surface area contributed by atoms with Crippen molar-refractivity contribution in [2.75, 3.05) is 51.3 Å². The SMILES string of the molecule is O=C(c1ccc(-c2ccc(NC3CC4CN(CC5CCOCC5)C[C@H]4C3)nn2)cc1)N1CCC(O)C1. The second kappa shape index (κ2) is 10.4. The van der Waals surface area contributed by atoms with Gasteiger partial charge in [0, 0.05) is 63.1 Å². The van der Waals surface area contributed by atoms with Crippen molar-refractivity contribution in [1.29, 1.82) is 0 Å². The number of β-amino-alcohol motifs (C(OH)–C–C–N with tert-alkyl or cyclic N) is 1. The van der Waals surface area contributed by atoms with E-state index in [1.807, 2.05) is 36.4 Å². The van der Waals surface area contributed by atoms with Gasteiger partial charge in [0.15, 0.2) is 0 Å². The lowest BCUT2D eigenvalue weighted by Gasteiger charge is -2.27. The number of nitrogens with one attached hydrogen (secondary N) is 1. The Kier molecular flexibility index (Phi) is 6.91. The number of rotatable bonds is 6. The van der Waals surface area contributed by atoms with E-state index in [9.17, 15) is 9.90 Å². The number of aliphatic hydroxyl groups excluding tert-OH is 1. The minimum Gasteiger partial charge on any atom is -0.391 e. The smallest absolute Gasteiger partial charge is 0.253 e. The molecular weight excluding hydrogens is 454 g/mol. The van der Waals surface area contributed by atoms with Crippen LogP contribution >= 0.6 is 0 Å². The van der Waals surface area contributed by atoms with Gasteiger partial charge in [-0.2, -0.15) is 0 Å². The Morgan fingerprint density at radius 1 is 0.972 bits per heavy atom. The molecule has 1 aliphatic carbocycles. The molecule has 1 aromatic carbocycles. The maximum Gasteiger partial charge on any atom is 0.253 e. The second-order valence-corrected chi connectivity index (χ2v) is 11.2. The quantitative estimate of drug-likeness (QED) is 0.642. The van der Waals surface area contributed by atoms with Crippen molar-refractivity contribution < 1.29 is 14.6 Å². The minimum atomic E-state index is -0.406. The molecule has 2 aromatic rings. The summed E-state index contributed by atoms with van der Waals surface area (Å²) >= 11 is 0. The number of hydrogen-bond donors (Lipinski definition) is 2. The third-order valence-electron chi connectivity index (χ3n) is 8.58. The third kappa shape index (κ3) is 5.26. The van der Waals surface area contributed by atoms with Gasteiger partial charge in [-0.1, -0.05) is 12.1 Å². The zero-order chi connectivity index (χ0) is 24.5. The van der Waals surface area contributed by atoms with Crippen LogP contribution < -0.4 is 5.32 Å². The van der Waals surface area contributed by atoms with Gasteiger partial charge in [0.1, 0.15) is 5.82 Å². The topological polar surface area (TPSA) is 90.8 Å². The first-order valence-electron chi connectivity index (χ1n) is 13.6. The molecule has 4 fully saturated rings. The standard InChI is InChI=1S/C28H37N5O3/c34-25-7-10-33(18-25)28(35)21-3-1-20(2-4-21)26-5-6-27(31-30-26)29-24-13-22-16-32(17-23(22)14-24)15-19-8-11-36-12-9-19/h1-6,19,22-25,34H,7-18H2,(H,29,31)/t22-,23?,24?,25?/m1/s1. The fourth-order valence-corrected chi connectivity index (χ4v) is 6.62. The van der Waals surface area contributed by atoms with Gasteiger partial charge in [-0.25, -0.2) is 0 Å². The van der Waals surface area contributed by atoms with E-state index in [0.29, 0.717) is 31.1 Å². The predicted octanol–water partition coefficient (Wildman–Crippen LogP) is 2.90. The second-order valence-electron chi connectivity index (χ2n) is 11.2. The highest BCUT2D eigenvalue weighted by Crippen LogP contribution is 2.39. The molecule has 0 radical (unpaired) electrons. The molecule has 36 heavy (non-hydrogen) atoms. The van der Waals surface area contributed by atoms with Crippen molar-refractivity contribution in [2.24, 2.45) is 17.8 Å². The number of carbonyl (C=O) groups excluding carboxylic acids is 1. The number of carbonyl (C=O) groups is 1. The maximum atomic E-state index is 12.6. The fraction of sp³-hybridized carbons (Fsp3) is 0.607. The van der Waals surface area contributed by atoms with Gasteiger partial charge in [-0.05, 0) is 74.1 Å². The number of hydrogen-bond acceptors (Lipinski definition) is 7. The van der Waals surface area contributed by atoms with E-state index in [1.165, 1.54) is 45.3 Å². The maximum absolute atomic E-state index is 12.6. The van der Waals surface area contributed by atoms with Gasteiger partial charge in [-0.3, -0.25) is 4.79 Å². The number of ether oxygens (including phenoxy) is 1. The molecule has 1 aromatic heterocycles. The van der Waals surface area contributed by atoms with E-state index < -0.39 is 6.10 Å². The average molecular weight is 492 g/mol. The van der Waals surface area contributed by atoms with Gasteiger partial charge < -0.3 is 25.0 Å². The van der Waals surface area contributed by atoms with Crippen LogP contribution in [0.15, 0.2) is 36.4 Å². The highest BCUT2D eigenvalue weighted by Gasteiger charge is 2.41. The summed E-state index contributed by atoms with van der Waals surface area (Å²) in [6.45, 7) is 6.62. The zero-order valence-corrected chi connectivity index (χ0v) is 20.9. The van der Waals surface area contributed by atoms with Crippen LogP contribution in [0, 0.1) is 17.8 Å². The van der Waals surface area contributed by atoms with E-state index in [2.05, 4.69) is 20.4 Å². The number of fused-ring (bicyclic) bond motifs is 1. The first kappa shape index (κ1) is 23.8. The van der Waals surface area contributed by atoms with E-state index in [1.54, 1.807) is 4.90 Å². The number of benzene rings is 1. The summed E-state index contributed by atoms with van der Waals surface area (Å²) in [4.78, 5) is 17.0. The monoisotopic (exact) mass is 491 g/mol. The summed E-state index contributed by atoms with van der Waals surface area (Å²) in [5.41, 5.74) is 2.37. The Labute approximate surface area is 213 Å². The van der Waals surface area contributed by atoms with Gasteiger partial charge in [0.2, 0.25) is 0 Å². The van der Waals surface area contributed by atoms with Gasteiger partial charge in [0.05, 0.1) is 11.8 Å². The Balaban J connectivity index is 0.994. The molecule has 4 atom stereocenters. The van der Waals surface area contributed by atoms with Crippen LogP contribution in [0.4, 0.5) is 5.82 Å². The Bertz CT molecular complexity index is 1030. The number of amides is 1. The van der Waals surface area contributed by atoms with Crippen LogP contribution in [0.3, 0.4) is 0 Å². The Hall–Kier alpha value is -2.55. The average Bonchev–Trinajstić information content (AvgIpc) is 3.60. The van der Waals surface area contributed by atoms with E-state index >= 15 is 0 Å². The van der Waals surface area contributed by atoms with Crippen LogP contribution in [0.5, 0.6) is 0 Å². The number of anilines is 1. The molecule has 3 unspecified atom stereocenters. The van der Waals surface area contributed by atoms with Crippen LogP contribution in [-0.4, -0.2) is 89.1 Å². The largest absolute Gasteiger partial charge is 0.391 e. The highest BCUT2D eigenvalue weighted by atomic mass is 16.5. The van der Waals surface area contributed by atoms with Crippen LogP contribution in [0.2, 0.25) is 0 Å². The molecule has 4 aliphatic rings. The summed E-state index contributed by atoms with van der Waals surface area (Å²) in [5.74, 6) is 3.20. The molecular formula is C28H37N5O3. The molecule has 4 heterocycles. The summed E-state index contributed by atoms with van der Waals surface area (Å²) in [6.07, 6.45) is 5.10. The van der Waals surface area contributed by atoms with Gasteiger partial charge in [-0.15, -0.1) is 10.2 Å². The molecule has 3 saturated heterocycles. The normalized spacial score (nSPS) is 29.0. The van der Waals surface area contributed by atoms with Crippen molar-refractivity contribution in [1.82, 2.24) is 20.0 Å². The lowest BCUT2D eigenvalue weighted by Crippen LogP contribution is -2.32. The number of likely N-dealkylation sites (tertiary alicyclic amines) is 2. The van der Waals surface area contributed by atoms with Crippen molar-refractivity contribution in [3.05, 3.63) is 42.0 Å².